The van der Waals surface area contributed by atoms with Crippen LogP contribution >= 0.6 is 11.3 Å². The number of ether oxygens (including phenoxy) is 1. The molecule has 0 bridgehead atoms. The average molecular weight is 491 g/mol. The molecule has 1 saturated carbocycles. The summed E-state index contributed by atoms with van der Waals surface area (Å²) >= 11 is 1.42. The Kier molecular flexibility index (Phi) is 7.57. The fourth-order valence-electron chi connectivity index (χ4n) is 5.12. The number of urea groups is 1. The Morgan fingerprint density at radius 3 is 2.68 bits per heavy atom. The van der Waals surface area contributed by atoms with Gasteiger partial charge in [-0.15, -0.1) is 11.3 Å². The van der Waals surface area contributed by atoms with Crippen LogP contribution in [0.2, 0.25) is 0 Å². The number of thiophene rings is 1. The summed E-state index contributed by atoms with van der Waals surface area (Å²) in [6.07, 6.45) is 7.38. The van der Waals surface area contributed by atoms with E-state index in [1.807, 2.05) is 0 Å². The second-order valence-electron chi connectivity index (χ2n) is 9.65. The van der Waals surface area contributed by atoms with Crippen molar-refractivity contribution in [3.63, 3.8) is 0 Å². The highest BCUT2D eigenvalue weighted by atomic mass is 32.1. The molecule has 2 aliphatic carbocycles. The highest BCUT2D eigenvalue weighted by molar-refractivity contribution is 7.17. The zero-order valence-electron chi connectivity index (χ0n) is 20.0. The molecule has 3 N–H and O–H groups in total. The van der Waals surface area contributed by atoms with Crippen LogP contribution < -0.4 is 16.0 Å². The number of nitrogens with zero attached hydrogens (tertiary/aromatic N) is 1. The van der Waals surface area contributed by atoms with Gasteiger partial charge in [-0.3, -0.25) is 19.3 Å². The molecule has 2 fully saturated rings. The van der Waals surface area contributed by atoms with Gasteiger partial charge in [0.15, 0.2) is 0 Å². The molecule has 10 heteroatoms. The summed E-state index contributed by atoms with van der Waals surface area (Å²) in [5, 5.41) is 9.10. The Morgan fingerprint density at radius 1 is 1.21 bits per heavy atom. The van der Waals surface area contributed by atoms with Gasteiger partial charge in [0, 0.05) is 25.1 Å². The number of aryl methyl sites for hydroxylation is 1. The molecule has 0 radical (unpaired) electrons. The highest BCUT2D eigenvalue weighted by Gasteiger charge is 2.52. The molecule has 0 unspecified atom stereocenters. The smallest absolute Gasteiger partial charge is 0.325 e. The molecule has 9 nitrogen and oxygen atoms in total. The molecule has 4 rings (SSSR count). The van der Waals surface area contributed by atoms with Crippen molar-refractivity contribution < 1.29 is 23.9 Å². The minimum Gasteiger partial charge on any atom is -0.385 e. The van der Waals surface area contributed by atoms with Crippen LogP contribution in [0, 0.1) is 5.92 Å². The maximum Gasteiger partial charge on any atom is 0.325 e. The Labute approximate surface area is 204 Å². The predicted molar refractivity (Wildman–Crippen MR) is 129 cm³/mol. The molecule has 1 saturated heterocycles. The third-order valence-corrected chi connectivity index (χ3v) is 8.34. The first-order valence-corrected chi connectivity index (χ1v) is 13.0. The summed E-state index contributed by atoms with van der Waals surface area (Å²) in [6.45, 7) is 2.82. The van der Waals surface area contributed by atoms with E-state index in [-0.39, 0.29) is 18.4 Å². The number of anilines is 1. The minimum absolute atomic E-state index is 0.212. The van der Waals surface area contributed by atoms with Gasteiger partial charge >= 0.3 is 6.03 Å². The number of fused-ring (bicyclic) bond motifs is 1. The molecule has 1 aromatic heterocycles. The van der Waals surface area contributed by atoms with E-state index in [2.05, 4.69) is 22.9 Å². The van der Waals surface area contributed by atoms with E-state index in [0.29, 0.717) is 48.9 Å². The lowest BCUT2D eigenvalue weighted by molar-refractivity contribution is -0.135. The second-order valence-corrected chi connectivity index (χ2v) is 10.8. The number of carbonyl (C=O) groups excluding carboxylic acids is 4. The number of amides is 5. The molecule has 5 amide bonds. The Morgan fingerprint density at radius 2 is 1.94 bits per heavy atom. The van der Waals surface area contributed by atoms with Crippen molar-refractivity contribution in [2.75, 3.05) is 32.1 Å². The first kappa shape index (κ1) is 24.7. The first-order chi connectivity index (χ1) is 16.3. The summed E-state index contributed by atoms with van der Waals surface area (Å²) in [6, 6.07) is -0.517. The van der Waals surface area contributed by atoms with Crippen molar-refractivity contribution in [3.05, 3.63) is 16.0 Å². The van der Waals surface area contributed by atoms with Crippen LogP contribution in [0.15, 0.2) is 0 Å². The van der Waals surface area contributed by atoms with Gasteiger partial charge in [-0.25, -0.2) is 4.79 Å². The largest absolute Gasteiger partial charge is 0.385 e. The molecule has 1 aromatic rings. The fraction of sp³-hybridized carbons (Fsp3) is 0.667. The van der Waals surface area contributed by atoms with Crippen molar-refractivity contribution >= 4 is 40.1 Å². The van der Waals surface area contributed by atoms with Crippen LogP contribution in [-0.4, -0.2) is 61.0 Å². The van der Waals surface area contributed by atoms with Crippen molar-refractivity contribution in [2.24, 2.45) is 5.92 Å². The lowest BCUT2D eigenvalue weighted by atomic mass is 9.77. The maximum absolute atomic E-state index is 13.1. The fourth-order valence-corrected chi connectivity index (χ4v) is 6.43. The van der Waals surface area contributed by atoms with Gasteiger partial charge in [-0.2, -0.15) is 0 Å². The van der Waals surface area contributed by atoms with E-state index in [4.69, 9.17) is 4.74 Å². The topological polar surface area (TPSA) is 117 Å². The molecule has 3 aliphatic rings. The zero-order valence-corrected chi connectivity index (χ0v) is 20.8. The number of methoxy groups -OCH3 is 1. The zero-order chi connectivity index (χ0) is 24.3. The molecule has 0 aromatic carbocycles. The number of hydrogen-bond donors (Lipinski definition) is 3. The third-order valence-electron chi connectivity index (χ3n) is 7.14. The van der Waals surface area contributed by atoms with Crippen LogP contribution in [0.1, 0.15) is 72.7 Å². The van der Waals surface area contributed by atoms with Crippen LogP contribution in [0.25, 0.3) is 0 Å². The van der Waals surface area contributed by atoms with Gasteiger partial charge in [0.05, 0.1) is 5.56 Å². The summed E-state index contributed by atoms with van der Waals surface area (Å²) in [5.41, 5.74) is 0.639. The van der Waals surface area contributed by atoms with Crippen LogP contribution in [0.4, 0.5) is 9.80 Å². The van der Waals surface area contributed by atoms with Gasteiger partial charge in [-0.1, -0.05) is 6.92 Å². The lowest BCUT2D eigenvalue weighted by Crippen LogP contribution is -2.49. The molecule has 1 spiro atoms. The molecular weight excluding hydrogens is 456 g/mol. The van der Waals surface area contributed by atoms with E-state index in [0.717, 1.165) is 53.9 Å². The summed E-state index contributed by atoms with van der Waals surface area (Å²) < 4.78 is 5.04. The molecule has 2 heterocycles. The van der Waals surface area contributed by atoms with E-state index in [9.17, 15) is 19.2 Å². The van der Waals surface area contributed by atoms with Gasteiger partial charge < -0.3 is 20.7 Å². The summed E-state index contributed by atoms with van der Waals surface area (Å²) in [5.74, 6) is -0.481. The van der Waals surface area contributed by atoms with E-state index in [1.165, 1.54) is 11.3 Å². The molecule has 1 aliphatic heterocycles. The van der Waals surface area contributed by atoms with Crippen molar-refractivity contribution in [1.29, 1.82) is 0 Å². The van der Waals surface area contributed by atoms with Crippen molar-refractivity contribution in [1.82, 2.24) is 15.5 Å². The predicted octanol–water partition coefficient (Wildman–Crippen LogP) is 2.83. The minimum atomic E-state index is -0.876. The molecule has 0 atom stereocenters. The Bertz CT molecular complexity index is 967. The standard InChI is InChI=1S/C24H34N4O5S/c1-15-8-10-24(11-9-15)22(31)28(23(32)27-24)14-18(29)26-21-19(20(30)25-12-5-13-33-2)16-6-3-4-7-17(16)34-21/h15H,3-14H2,1-2H3,(H,25,30)(H,26,29)(H,27,32). The molecule has 34 heavy (non-hydrogen) atoms. The Hall–Kier alpha value is -2.46. The Balaban J connectivity index is 1.45. The maximum atomic E-state index is 13.1. The SMILES string of the molecule is COCCCNC(=O)c1c(NC(=O)CN2C(=O)NC3(CCC(C)CC3)C2=O)sc2c1CCCC2. The summed E-state index contributed by atoms with van der Waals surface area (Å²) in [7, 11) is 1.62. The second kappa shape index (κ2) is 10.4. The van der Waals surface area contributed by atoms with Crippen LogP contribution in [0.5, 0.6) is 0 Å². The number of nitrogens with one attached hydrogen (secondary N) is 3. The molecule has 186 valence electrons. The van der Waals surface area contributed by atoms with Gasteiger partial charge in [0.25, 0.3) is 11.8 Å². The number of rotatable bonds is 8. The van der Waals surface area contributed by atoms with Gasteiger partial charge in [-0.05, 0) is 69.3 Å². The number of imide groups is 1. The number of hydrogen-bond acceptors (Lipinski definition) is 6. The summed E-state index contributed by atoms with van der Waals surface area (Å²) in [4.78, 5) is 53.7. The molecular formula is C24H34N4O5S. The number of carbonyl (C=O) groups is 4. The average Bonchev–Trinajstić information content (AvgIpc) is 3.28. The van der Waals surface area contributed by atoms with Crippen LogP contribution in [0.3, 0.4) is 0 Å². The monoisotopic (exact) mass is 490 g/mol. The first-order valence-electron chi connectivity index (χ1n) is 12.2. The quantitative estimate of drug-likeness (QED) is 0.383. The van der Waals surface area contributed by atoms with E-state index in [1.54, 1.807) is 7.11 Å². The lowest BCUT2D eigenvalue weighted by Gasteiger charge is -2.33. The normalized spacial score (nSPS) is 24.2. The van der Waals surface area contributed by atoms with Crippen molar-refractivity contribution in [3.8, 4) is 0 Å². The highest BCUT2D eigenvalue weighted by Crippen LogP contribution is 2.39. The third kappa shape index (κ3) is 4.98. The van der Waals surface area contributed by atoms with E-state index >= 15 is 0 Å². The van der Waals surface area contributed by atoms with Crippen LogP contribution in [-0.2, 0) is 27.2 Å². The van der Waals surface area contributed by atoms with Gasteiger partial charge in [0.2, 0.25) is 5.91 Å². The van der Waals surface area contributed by atoms with Gasteiger partial charge in [0.1, 0.15) is 17.1 Å². The van der Waals surface area contributed by atoms with Crippen molar-refractivity contribution in [2.45, 2.75) is 70.3 Å². The van der Waals surface area contributed by atoms with E-state index < -0.39 is 17.5 Å².